The van der Waals surface area contributed by atoms with Gasteiger partial charge in [0.1, 0.15) is 6.61 Å². The van der Waals surface area contributed by atoms with Gasteiger partial charge in [0.25, 0.3) is 0 Å². The molecule has 0 unspecified atom stereocenters. The number of benzene rings is 2. The molecule has 0 aliphatic rings. The molecule has 0 aromatic heterocycles. The quantitative estimate of drug-likeness (QED) is 0.658. The van der Waals surface area contributed by atoms with Crippen molar-refractivity contribution in [2.75, 3.05) is 0 Å². The Bertz CT molecular complexity index is 705. The predicted molar refractivity (Wildman–Crippen MR) is 77.4 cm³/mol. The summed E-state index contributed by atoms with van der Waals surface area (Å²) in [7, 11) is 0. The molecule has 0 atom stereocenters. The highest BCUT2D eigenvalue weighted by atomic mass is 19.2. The highest BCUT2D eigenvalue weighted by molar-refractivity contribution is 5.83. The number of urea groups is 1. The predicted octanol–water partition coefficient (Wildman–Crippen LogP) is 2.55. The summed E-state index contributed by atoms with van der Waals surface area (Å²) in [5, 5.41) is 3.65. The number of carbonyl (C=O) groups excluding carboxylic acids is 1. The van der Waals surface area contributed by atoms with Crippen LogP contribution in [-0.2, 0) is 6.61 Å². The lowest BCUT2D eigenvalue weighted by atomic mass is 10.1. The van der Waals surface area contributed by atoms with Crippen LogP contribution in [0.3, 0.4) is 0 Å². The molecule has 2 amide bonds. The average molecular weight is 305 g/mol. The number of nitrogens with zero attached hydrogens (tertiary/aromatic N) is 1. The maximum Gasteiger partial charge on any atom is 0.332 e. The fourth-order valence-corrected chi connectivity index (χ4v) is 1.71. The molecular weight excluding hydrogens is 292 g/mol. The Hall–Kier alpha value is -2.96. The van der Waals surface area contributed by atoms with E-state index in [9.17, 15) is 13.6 Å². The van der Waals surface area contributed by atoms with Crippen LogP contribution in [0, 0.1) is 11.6 Å². The molecule has 7 heteroatoms. The number of rotatable bonds is 5. The smallest absolute Gasteiger partial charge is 0.332 e. The number of carbonyl (C=O) groups is 1. The third kappa shape index (κ3) is 4.02. The summed E-state index contributed by atoms with van der Waals surface area (Å²) in [6.45, 7) is 0.0130. The second kappa shape index (κ2) is 7.16. The summed E-state index contributed by atoms with van der Waals surface area (Å²) < 4.78 is 31.9. The van der Waals surface area contributed by atoms with Crippen molar-refractivity contribution in [1.82, 2.24) is 5.43 Å². The molecule has 0 aliphatic carbocycles. The van der Waals surface area contributed by atoms with Gasteiger partial charge in [-0.05, 0) is 17.7 Å². The zero-order valence-electron chi connectivity index (χ0n) is 11.4. The van der Waals surface area contributed by atoms with Crippen LogP contribution in [0.1, 0.15) is 11.1 Å². The lowest BCUT2D eigenvalue weighted by Gasteiger charge is -2.09. The van der Waals surface area contributed by atoms with E-state index in [1.807, 2.05) is 0 Å². The van der Waals surface area contributed by atoms with E-state index >= 15 is 0 Å². The second-order valence-corrected chi connectivity index (χ2v) is 4.27. The van der Waals surface area contributed by atoms with Crippen LogP contribution in [0.2, 0.25) is 0 Å². The van der Waals surface area contributed by atoms with Crippen molar-refractivity contribution in [3.8, 4) is 5.75 Å². The number of amides is 2. The first-order valence-corrected chi connectivity index (χ1v) is 6.31. The van der Waals surface area contributed by atoms with Crippen LogP contribution < -0.4 is 15.9 Å². The molecule has 114 valence electrons. The maximum atomic E-state index is 13.5. The summed E-state index contributed by atoms with van der Waals surface area (Å²) in [6, 6.07) is 9.92. The van der Waals surface area contributed by atoms with Crippen molar-refractivity contribution >= 4 is 12.2 Å². The average Bonchev–Trinajstić information content (AvgIpc) is 2.49. The topological polar surface area (TPSA) is 76.7 Å². The van der Waals surface area contributed by atoms with Gasteiger partial charge in [-0.3, -0.25) is 0 Å². The summed E-state index contributed by atoms with van der Waals surface area (Å²) in [4.78, 5) is 10.6. The molecule has 2 aromatic rings. The molecule has 0 spiro atoms. The van der Waals surface area contributed by atoms with E-state index in [0.29, 0.717) is 11.1 Å². The number of hydrogen-bond donors (Lipinski definition) is 2. The van der Waals surface area contributed by atoms with Gasteiger partial charge in [0, 0.05) is 5.56 Å². The highest BCUT2D eigenvalue weighted by Gasteiger charge is 2.09. The van der Waals surface area contributed by atoms with Crippen LogP contribution in [-0.4, -0.2) is 12.2 Å². The van der Waals surface area contributed by atoms with Crippen molar-refractivity contribution in [3.05, 3.63) is 65.2 Å². The Morgan fingerprint density at radius 2 is 2.00 bits per heavy atom. The van der Waals surface area contributed by atoms with Crippen LogP contribution >= 0.6 is 0 Å². The summed E-state index contributed by atoms with van der Waals surface area (Å²) in [5.41, 5.74) is 8.29. The Morgan fingerprint density at radius 3 is 2.77 bits per heavy atom. The molecule has 0 aliphatic heterocycles. The van der Waals surface area contributed by atoms with E-state index in [-0.39, 0.29) is 12.4 Å². The Morgan fingerprint density at radius 1 is 1.23 bits per heavy atom. The Kier molecular flexibility index (Phi) is 5.02. The van der Waals surface area contributed by atoms with Gasteiger partial charge in [-0.25, -0.2) is 14.6 Å². The van der Waals surface area contributed by atoms with Crippen LogP contribution in [0.15, 0.2) is 47.6 Å². The molecule has 22 heavy (non-hydrogen) atoms. The molecule has 0 radical (unpaired) electrons. The molecule has 0 heterocycles. The normalized spacial score (nSPS) is 10.6. The Balaban J connectivity index is 2.11. The van der Waals surface area contributed by atoms with Gasteiger partial charge in [0.15, 0.2) is 11.6 Å². The first kappa shape index (κ1) is 15.4. The summed E-state index contributed by atoms with van der Waals surface area (Å²) in [5.74, 6) is -2.19. The van der Waals surface area contributed by atoms with Gasteiger partial charge in [-0.2, -0.15) is 9.49 Å². The number of hydrazone groups is 1. The number of halogens is 2. The minimum absolute atomic E-state index is 0.0130. The van der Waals surface area contributed by atoms with Crippen molar-refractivity contribution in [1.29, 1.82) is 0 Å². The monoisotopic (exact) mass is 305 g/mol. The van der Waals surface area contributed by atoms with Crippen LogP contribution in [0.4, 0.5) is 13.6 Å². The van der Waals surface area contributed by atoms with Gasteiger partial charge in [-0.1, -0.05) is 30.3 Å². The molecular formula is C15H13F2N3O2. The van der Waals surface area contributed by atoms with E-state index < -0.39 is 17.7 Å². The molecule has 3 N–H and O–H groups in total. The maximum absolute atomic E-state index is 13.5. The Labute approximate surface area is 125 Å². The zero-order chi connectivity index (χ0) is 15.9. The highest BCUT2D eigenvalue weighted by Crippen LogP contribution is 2.20. The molecule has 0 fully saturated rings. The van der Waals surface area contributed by atoms with Gasteiger partial charge >= 0.3 is 6.03 Å². The van der Waals surface area contributed by atoms with E-state index in [4.69, 9.17) is 10.5 Å². The molecule has 0 saturated heterocycles. The van der Waals surface area contributed by atoms with Crippen molar-refractivity contribution < 1.29 is 18.3 Å². The van der Waals surface area contributed by atoms with E-state index in [1.165, 1.54) is 18.3 Å². The third-order valence-corrected chi connectivity index (χ3v) is 2.73. The number of hydrogen-bond acceptors (Lipinski definition) is 3. The molecule has 2 aromatic carbocycles. The molecule has 2 rings (SSSR count). The minimum Gasteiger partial charge on any atom is -0.486 e. The molecule has 5 nitrogen and oxygen atoms in total. The van der Waals surface area contributed by atoms with E-state index in [0.717, 1.165) is 6.07 Å². The van der Waals surface area contributed by atoms with Crippen LogP contribution in [0.5, 0.6) is 5.75 Å². The fraction of sp³-hybridized carbons (Fsp3) is 0.0667. The molecule has 0 bridgehead atoms. The van der Waals surface area contributed by atoms with E-state index in [1.54, 1.807) is 24.3 Å². The number of nitrogens with two attached hydrogens (primary N) is 1. The van der Waals surface area contributed by atoms with Gasteiger partial charge in [0.2, 0.25) is 5.82 Å². The van der Waals surface area contributed by atoms with Gasteiger partial charge < -0.3 is 10.5 Å². The van der Waals surface area contributed by atoms with Crippen LogP contribution in [0.25, 0.3) is 0 Å². The lowest BCUT2D eigenvalue weighted by molar-refractivity contribution is 0.249. The van der Waals surface area contributed by atoms with Crippen molar-refractivity contribution in [2.45, 2.75) is 6.61 Å². The van der Waals surface area contributed by atoms with Gasteiger partial charge in [0.05, 0.1) is 6.21 Å². The molecule has 0 saturated carbocycles. The second-order valence-electron chi connectivity index (χ2n) is 4.27. The van der Waals surface area contributed by atoms with Crippen molar-refractivity contribution in [3.63, 3.8) is 0 Å². The first-order valence-electron chi connectivity index (χ1n) is 6.31. The number of ether oxygens (including phenoxy) is 1. The largest absolute Gasteiger partial charge is 0.486 e. The third-order valence-electron chi connectivity index (χ3n) is 2.73. The SMILES string of the molecule is NC(=O)NN=Cc1ccccc1COc1cccc(F)c1F. The first-order chi connectivity index (χ1) is 10.6. The van der Waals surface area contributed by atoms with Gasteiger partial charge in [-0.15, -0.1) is 0 Å². The summed E-state index contributed by atoms with van der Waals surface area (Å²) in [6.07, 6.45) is 1.38. The number of primary amides is 1. The fourth-order valence-electron chi connectivity index (χ4n) is 1.71. The zero-order valence-corrected chi connectivity index (χ0v) is 11.4. The van der Waals surface area contributed by atoms with E-state index in [2.05, 4.69) is 10.5 Å². The standard InChI is InChI=1S/C15H13F2N3O2/c16-12-6-3-7-13(14(12)17)22-9-11-5-2-1-4-10(11)8-19-20-15(18)21/h1-8H,9H2,(H3,18,20,21). The number of nitrogens with one attached hydrogen (secondary N) is 1. The lowest BCUT2D eigenvalue weighted by Crippen LogP contribution is -2.24. The summed E-state index contributed by atoms with van der Waals surface area (Å²) >= 11 is 0. The van der Waals surface area contributed by atoms with Crippen molar-refractivity contribution in [2.24, 2.45) is 10.8 Å². The minimum atomic E-state index is -1.04.